The molecule has 3 N–H and O–H groups in total. The summed E-state index contributed by atoms with van der Waals surface area (Å²) < 4.78 is 5.37. The fraction of sp³-hybridized carbons (Fsp3) is 0.261. The predicted octanol–water partition coefficient (Wildman–Crippen LogP) is 3.15. The molecule has 1 aliphatic carbocycles. The highest BCUT2D eigenvalue weighted by molar-refractivity contribution is 5.89. The lowest BCUT2D eigenvalue weighted by Gasteiger charge is -2.24. The number of hydrogen-bond acceptors (Lipinski definition) is 4. The fourth-order valence-electron chi connectivity index (χ4n) is 4.42. The third-order valence-electron chi connectivity index (χ3n) is 5.85. The summed E-state index contributed by atoms with van der Waals surface area (Å²) in [5.41, 5.74) is 3.68. The normalized spacial score (nSPS) is 15.8. The van der Waals surface area contributed by atoms with Crippen LogP contribution in [-0.4, -0.2) is 28.2 Å². The number of nitrogens with one attached hydrogen (secondary N) is 3. The average Bonchev–Trinajstić information content (AvgIpc) is 3.15. The molecule has 2 heterocycles. The molecule has 0 saturated heterocycles. The Morgan fingerprint density at radius 3 is 2.87 bits per heavy atom. The van der Waals surface area contributed by atoms with Gasteiger partial charge in [-0.25, -0.2) is 5.10 Å². The van der Waals surface area contributed by atoms with E-state index in [0.717, 1.165) is 41.6 Å². The highest BCUT2D eigenvalue weighted by atomic mass is 16.5. The van der Waals surface area contributed by atoms with E-state index in [1.807, 2.05) is 30.3 Å². The van der Waals surface area contributed by atoms with E-state index in [0.29, 0.717) is 16.5 Å². The van der Waals surface area contributed by atoms with Crippen molar-refractivity contribution >= 4 is 27.6 Å². The van der Waals surface area contributed by atoms with Crippen LogP contribution in [0.2, 0.25) is 0 Å². The molecule has 4 aromatic rings. The number of aryl methyl sites for hydroxylation is 1. The molecule has 0 unspecified atom stereocenters. The van der Waals surface area contributed by atoms with Crippen molar-refractivity contribution in [2.24, 2.45) is 0 Å². The summed E-state index contributed by atoms with van der Waals surface area (Å²) in [6.45, 7) is 0. The number of hydrogen-bond donors (Lipinski definition) is 3. The van der Waals surface area contributed by atoms with Crippen LogP contribution in [0.25, 0.3) is 21.7 Å². The second-order valence-corrected chi connectivity index (χ2v) is 7.66. The quantitative estimate of drug-likeness (QED) is 0.488. The second kappa shape index (κ2) is 7.33. The molecule has 152 valence electrons. The lowest BCUT2D eigenvalue weighted by atomic mass is 9.91. The van der Waals surface area contributed by atoms with Crippen LogP contribution in [0.5, 0.6) is 5.75 Å². The number of fused-ring (bicyclic) bond motifs is 4. The third-order valence-corrected chi connectivity index (χ3v) is 5.85. The zero-order valence-corrected chi connectivity index (χ0v) is 16.6. The maximum atomic E-state index is 12.9. The molecule has 0 radical (unpaired) electrons. The summed E-state index contributed by atoms with van der Waals surface area (Å²) in [5, 5.41) is 12.2. The van der Waals surface area contributed by atoms with E-state index in [9.17, 15) is 9.59 Å². The van der Waals surface area contributed by atoms with Gasteiger partial charge in [-0.15, -0.1) is 0 Å². The minimum atomic E-state index is -0.250. The van der Waals surface area contributed by atoms with Crippen LogP contribution < -0.4 is 15.6 Å². The number of benzene rings is 2. The Balaban J connectivity index is 1.42. The number of rotatable bonds is 4. The number of methoxy groups -OCH3 is 1. The summed E-state index contributed by atoms with van der Waals surface area (Å²) in [4.78, 5) is 28.3. The molecule has 1 aliphatic rings. The molecule has 2 aromatic heterocycles. The molecule has 0 bridgehead atoms. The van der Waals surface area contributed by atoms with E-state index >= 15 is 0 Å². The number of aromatic nitrogens is 3. The highest BCUT2D eigenvalue weighted by Crippen LogP contribution is 2.36. The minimum absolute atomic E-state index is 0.0753. The van der Waals surface area contributed by atoms with Gasteiger partial charge >= 0.3 is 0 Å². The van der Waals surface area contributed by atoms with Crippen molar-refractivity contribution < 1.29 is 9.53 Å². The summed E-state index contributed by atoms with van der Waals surface area (Å²) in [6, 6.07) is 13.1. The Hall–Kier alpha value is -3.61. The Morgan fingerprint density at radius 2 is 2.03 bits per heavy atom. The van der Waals surface area contributed by atoms with Gasteiger partial charge in [-0.3, -0.25) is 9.59 Å². The number of ether oxygens (including phenoxy) is 1. The number of H-pyrrole nitrogens is 2. The first-order valence-corrected chi connectivity index (χ1v) is 10.1. The first kappa shape index (κ1) is 18.4. The molecule has 2 aromatic carbocycles. The first-order chi connectivity index (χ1) is 14.6. The van der Waals surface area contributed by atoms with Gasteiger partial charge in [-0.1, -0.05) is 18.2 Å². The fourth-order valence-corrected chi connectivity index (χ4v) is 4.42. The van der Waals surface area contributed by atoms with Crippen molar-refractivity contribution in [3.63, 3.8) is 0 Å². The summed E-state index contributed by atoms with van der Waals surface area (Å²) in [5.74, 6) is 0.709. The number of carbonyl (C=O) groups excluding carboxylic acids is 1. The lowest BCUT2D eigenvalue weighted by molar-refractivity contribution is -0.121. The van der Waals surface area contributed by atoms with Crippen LogP contribution in [0.15, 0.2) is 47.3 Å². The standard InChI is InChI=1S/C23H22N4O3/c1-30-13-9-10-18-17(11-13)15-7-4-8-19(22(15)25-18)24-21(28)12-20-14-5-2-3-6-16(14)23(29)27-26-20/h2-3,5-6,9-11,19,25H,4,7-8,12H2,1H3,(H,24,28)(H,27,29)/t19-/m1/s1. The molecule has 7 heteroatoms. The third kappa shape index (κ3) is 3.12. The molecule has 0 spiro atoms. The van der Waals surface area contributed by atoms with Gasteiger partial charge < -0.3 is 15.0 Å². The van der Waals surface area contributed by atoms with E-state index < -0.39 is 0 Å². The number of amides is 1. The molecule has 1 amide bonds. The molecular formula is C23H22N4O3. The smallest absolute Gasteiger partial charge is 0.272 e. The largest absolute Gasteiger partial charge is 0.497 e. The van der Waals surface area contributed by atoms with Gasteiger partial charge in [-0.2, -0.15) is 5.10 Å². The Bertz CT molecular complexity index is 1320. The number of carbonyl (C=O) groups is 1. The van der Waals surface area contributed by atoms with E-state index in [1.54, 1.807) is 19.2 Å². The molecule has 7 nitrogen and oxygen atoms in total. The van der Waals surface area contributed by atoms with E-state index in [2.05, 4.69) is 20.5 Å². The van der Waals surface area contributed by atoms with Gasteiger partial charge in [0.2, 0.25) is 5.91 Å². The number of nitrogens with zero attached hydrogens (tertiary/aromatic N) is 1. The van der Waals surface area contributed by atoms with Gasteiger partial charge in [0.25, 0.3) is 5.56 Å². The van der Waals surface area contributed by atoms with Crippen molar-refractivity contribution in [2.45, 2.75) is 31.7 Å². The SMILES string of the molecule is COc1ccc2[nH]c3c(c2c1)CCC[C@H]3NC(=O)Cc1n[nH]c(=O)c2ccccc12. The summed E-state index contributed by atoms with van der Waals surface area (Å²) >= 11 is 0. The van der Waals surface area contributed by atoms with Gasteiger partial charge in [-0.05, 0) is 49.1 Å². The minimum Gasteiger partial charge on any atom is -0.497 e. The van der Waals surface area contributed by atoms with Crippen molar-refractivity contribution in [3.8, 4) is 5.75 Å². The zero-order valence-electron chi connectivity index (χ0n) is 16.6. The Morgan fingerprint density at radius 1 is 1.20 bits per heavy atom. The second-order valence-electron chi connectivity index (χ2n) is 7.66. The predicted molar refractivity (Wildman–Crippen MR) is 115 cm³/mol. The van der Waals surface area contributed by atoms with Crippen LogP contribution in [-0.2, 0) is 17.6 Å². The van der Waals surface area contributed by atoms with Gasteiger partial charge in [0, 0.05) is 22.0 Å². The van der Waals surface area contributed by atoms with Crippen LogP contribution in [0.1, 0.15) is 35.8 Å². The van der Waals surface area contributed by atoms with Crippen molar-refractivity contribution in [1.29, 1.82) is 0 Å². The van der Waals surface area contributed by atoms with Crippen LogP contribution in [0, 0.1) is 0 Å². The molecular weight excluding hydrogens is 380 g/mol. The maximum absolute atomic E-state index is 12.9. The molecule has 1 atom stereocenters. The van der Waals surface area contributed by atoms with Crippen LogP contribution in [0.3, 0.4) is 0 Å². The molecule has 5 rings (SSSR count). The topological polar surface area (TPSA) is 99.9 Å². The molecule has 0 saturated carbocycles. The van der Waals surface area contributed by atoms with Gasteiger partial charge in [0.05, 0.1) is 30.7 Å². The van der Waals surface area contributed by atoms with Crippen LogP contribution in [0.4, 0.5) is 0 Å². The molecule has 0 aliphatic heterocycles. The average molecular weight is 402 g/mol. The van der Waals surface area contributed by atoms with Crippen LogP contribution >= 0.6 is 0 Å². The lowest BCUT2D eigenvalue weighted by Crippen LogP contribution is -2.32. The Kier molecular flexibility index (Phi) is 4.50. The van der Waals surface area contributed by atoms with Gasteiger partial charge in [0.15, 0.2) is 0 Å². The monoisotopic (exact) mass is 402 g/mol. The Labute approximate surface area is 172 Å². The van der Waals surface area contributed by atoms with Crippen molar-refractivity contribution in [3.05, 3.63) is 69.8 Å². The van der Waals surface area contributed by atoms with E-state index in [1.165, 1.54) is 5.56 Å². The first-order valence-electron chi connectivity index (χ1n) is 10.1. The number of aromatic amines is 2. The maximum Gasteiger partial charge on any atom is 0.272 e. The van der Waals surface area contributed by atoms with E-state index in [-0.39, 0.29) is 23.9 Å². The molecule has 30 heavy (non-hydrogen) atoms. The summed E-state index contributed by atoms with van der Waals surface area (Å²) in [6.07, 6.45) is 2.96. The zero-order chi connectivity index (χ0) is 20.7. The van der Waals surface area contributed by atoms with E-state index in [4.69, 9.17) is 4.74 Å². The van der Waals surface area contributed by atoms with Gasteiger partial charge in [0.1, 0.15) is 5.75 Å². The van der Waals surface area contributed by atoms with Crippen molar-refractivity contribution in [1.82, 2.24) is 20.5 Å². The molecule has 0 fully saturated rings. The van der Waals surface area contributed by atoms with Crippen molar-refractivity contribution in [2.75, 3.05) is 7.11 Å². The highest BCUT2D eigenvalue weighted by Gasteiger charge is 2.26. The summed E-state index contributed by atoms with van der Waals surface area (Å²) in [7, 11) is 1.66.